The van der Waals surface area contributed by atoms with Gasteiger partial charge in [0.1, 0.15) is 18.1 Å². The standard InChI is InChI=1S/C13H13N3O2/c1-16-7-9(14-15-16)8-18-13-4-2-3-10-11(13)5-6-12(10)17/h2-4,7H,5-6,8H2,1H3. The number of nitrogens with zero attached hydrogens (tertiary/aromatic N) is 3. The zero-order chi connectivity index (χ0) is 12.5. The van der Waals surface area contributed by atoms with E-state index in [1.165, 1.54) is 0 Å². The van der Waals surface area contributed by atoms with E-state index < -0.39 is 0 Å². The number of rotatable bonds is 3. The highest BCUT2D eigenvalue weighted by molar-refractivity contribution is 6.01. The Morgan fingerprint density at radius 2 is 2.28 bits per heavy atom. The molecule has 0 spiro atoms. The van der Waals surface area contributed by atoms with Gasteiger partial charge in [-0.25, -0.2) is 0 Å². The van der Waals surface area contributed by atoms with Crippen molar-refractivity contribution in [3.05, 3.63) is 41.2 Å². The third-order valence-electron chi connectivity index (χ3n) is 3.06. The van der Waals surface area contributed by atoms with Crippen LogP contribution in [0.25, 0.3) is 0 Å². The Labute approximate surface area is 104 Å². The Balaban J connectivity index is 1.80. The van der Waals surface area contributed by atoms with Gasteiger partial charge in [0.05, 0.1) is 6.20 Å². The van der Waals surface area contributed by atoms with E-state index in [0.717, 1.165) is 29.0 Å². The maximum atomic E-state index is 11.6. The van der Waals surface area contributed by atoms with Crippen molar-refractivity contribution in [3.8, 4) is 5.75 Å². The molecule has 0 unspecified atom stereocenters. The molecule has 0 N–H and O–H groups in total. The Morgan fingerprint density at radius 1 is 1.39 bits per heavy atom. The van der Waals surface area contributed by atoms with Gasteiger partial charge in [-0.05, 0) is 12.5 Å². The first-order valence-corrected chi connectivity index (χ1v) is 5.87. The molecule has 0 aliphatic heterocycles. The fraction of sp³-hybridized carbons (Fsp3) is 0.308. The number of fused-ring (bicyclic) bond motifs is 1. The van der Waals surface area contributed by atoms with Crippen molar-refractivity contribution in [1.82, 2.24) is 15.0 Å². The van der Waals surface area contributed by atoms with E-state index in [1.807, 2.05) is 31.4 Å². The van der Waals surface area contributed by atoms with Gasteiger partial charge in [-0.3, -0.25) is 9.48 Å². The number of aromatic nitrogens is 3. The molecule has 1 heterocycles. The highest BCUT2D eigenvalue weighted by atomic mass is 16.5. The minimum absolute atomic E-state index is 0.204. The summed E-state index contributed by atoms with van der Waals surface area (Å²) in [7, 11) is 1.81. The first-order valence-electron chi connectivity index (χ1n) is 5.87. The van der Waals surface area contributed by atoms with Crippen molar-refractivity contribution in [2.45, 2.75) is 19.4 Å². The molecule has 1 aromatic heterocycles. The van der Waals surface area contributed by atoms with Crippen molar-refractivity contribution < 1.29 is 9.53 Å². The van der Waals surface area contributed by atoms with E-state index >= 15 is 0 Å². The summed E-state index contributed by atoms with van der Waals surface area (Å²) in [5.41, 5.74) is 2.59. The van der Waals surface area contributed by atoms with Crippen LogP contribution in [0.4, 0.5) is 0 Å². The summed E-state index contributed by atoms with van der Waals surface area (Å²) >= 11 is 0. The lowest BCUT2D eigenvalue weighted by Gasteiger charge is -2.08. The summed E-state index contributed by atoms with van der Waals surface area (Å²) < 4.78 is 7.37. The van der Waals surface area contributed by atoms with Crippen LogP contribution >= 0.6 is 0 Å². The zero-order valence-electron chi connectivity index (χ0n) is 10.1. The summed E-state index contributed by atoms with van der Waals surface area (Å²) in [5, 5.41) is 7.81. The molecule has 5 heteroatoms. The van der Waals surface area contributed by atoms with Crippen molar-refractivity contribution in [2.75, 3.05) is 0 Å². The topological polar surface area (TPSA) is 57.0 Å². The van der Waals surface area contributed by atoms with Gasteiger partial charge in [-0.15, -0.1) is 5.10 Å². The van der Waals surface area contributed by atoms with E-state index in [4.69, 9.17) is 4.74 Å². The third-order valence-corrected chi connectivity index (χ3v) is 3.06. The van der Waals surface area contributed by atoms with E-state index in [2.05, 4.69) is 10.3 Å². The van der Waals surface area contributed by atoms with Crippen LogP contribution in [0.15, 0.2) is 24.4 Å². The first-order chi connectivity index (χ1) is 8.74. The molecule has 0 saturated carbocycles. The van der Waals surface area contributed by atoms with Crippen molar-refractivity contribution in [1.29, 1.82) is 0 Å². The largest absolute Gasteiger partial charge is 0.487 e. The summed E-state index contributed by atoms with van der Waals surface area (Å²) in [6.45, 7) is 0.373. The second kappa shape index (κ2) is 4.25. The highest BCUT2D eigenvalue weighted by Gasteiger charge is 2.22. The molecule has 0 saturated heterocycles. The molecular weight excluding hydrogens is 230 g/mol. The lowest BCUT2D eigenvalue weighted by molar-refractivity contribution is 0.0994. The van der Waals surface area contributed by atoms with Crippen molar-refractivity contribution >= 4 is 5.78 Å². The number of ether oxygens (including phenoxy) is 1. The Bertz CT molecular complexity index is 604. The predicted octanol–water partition coefficient (Wildman–Crippen LogP) is 1.52. The van der Waals surface area contributed by atoms with Gasteiger partial charge < -0.3 is 4.74 Å². The average molecular weight is 243 g/mol. The Hall–Kier alpha value is -2.17. The fourth-order valence-electron chi connectivity index (χ4n) is 2.21. The van der Waals surface area contributed by atoms with Crippen LogP contribution in [-0.2, 0) is 20.1 Å². The predicted molar refractivity (Wildman–Crippen MR) is 64.4 cm³/mol. The fourth-order valence-corrected chi connectivity index (χ4v) is 2.21. The van der Waals surface area contributed by atoms with Gasteiger partial charge in [0.2, 0.25) is 0 Å². The minimum Gasteiger partial charge on any atom is -0.487 e. The van der Waals surface area contributed by atoms with Gasteiger partial charge in [0.15, 0.2) is 5.78 Å². The zero-order valence-corrected chi connectivity index (χ0v) is 10.1. The molecule has 92 valence electrons. The molecule has 3 rings (SSSR count). The van der Waals surface area contributed by atoms with Crippen molar-refractivity contribution in [2.24, 2.45) is 7.05 Å². The lowest BCUT2D eigenvalue weighted by Crippen LogP contribution is -1.99. The maximum Gasteiger partial charge on any atom is 0.163 e. The normalized spacial score (nSPS) is 13.7. The highest BCUT2D eigenvalue weighted by Crippen LogP contribution is 2.30. The number of hydrogen-bond acceptors (Lipinski definition) is 4. The van der Waals surface area contributed by atoms with Crippen LogP contribution in [0.3, 0.4) is 0 Å². The number of hydrogen-bond donors (Lipinski definition) is 0. The second-order valence-corrected chi connectivity index (χ2v) is 4.38. The molecule has 2 aromatic rings. The number of carbonyl (C=O) groups excluding carboxylic acids is 1. The number of aryl methyl sites for hydroxylation is 1. The molecule has 18 heavy (non-hydrogen) atoms. The summed E-state index contributed by atoms with van der Waals surface area (Å²) in [6, 6.07) is 5.61. The maximum absolute atomic E-state index is 11.6. The van der Waals surface area contributed by atoms with Gasteiger partial charge >= 0.3 is 0 Å². The molecule has 0 fully saturated rings. The molecule has 5 nitrogen and oxygen atoms in total. The quantitative estimate of drug-likeness (QED) is 0.820. The Kier molecular flexibility index (Phi) is 2.59. The number of carbonyl (C=O) groups is 1. The molecule has 1 aliphatic rings. The number of Topliss-reactive ketones (excluding diaryl/α,β-unsaturated/α-hetero) is 1. The smallest absolute Gasteiger partial charge is 0.163 e. The molecule has 1 aromatic carbocycles. The summed E-state index contributed by atoms with van der Waals surface area (Å²) in [5.74, 6) is 0.985. The van der Waals surface area contributed by atoms with Crippen molar-refractivity contribution in [3.63, 3.8) is 0 Å². The first kappa shape index (κ1) is 11.0. The van der Waals surface area contributed by atoms with Crippen LogP contribution in [-0.4, -0.2) is 20.8 Å². The van der Waals surface area contributed by atoms with Gasteiger partial charge in [-0.2, -0.15) is 0 Å². The van der Waals surface area contributed by atoms with Gasteiger partial charge in [0, 0.05) is 24.6 Å². The van der Waals surface area contributed by atoms with Crippen LogP contribution in [0, 0.1) is 0 Å². The van der Waals surface area contributed by atoms with Crippen LogP contribution in [0.2, 0.25) is 0 Å². The molecule has 0 bridgehead atoms. The molecule has 1 aliphatic carbocycles. The van der Waals surface area contributed by atoms with E-state index in [-0.39, 0.29) is 5.78 Å². The molecule has 0 radical (unpaired) electrons. The lowest BCUT2D eigenvalue weighted by atomic mass is 10.1. The Morgan fingerprint density at radius 3 is 3.06 bits per heavy atom. The molecule has 0 atom stereocenters. The van der Waals surface area contributed by atoms with Crippen LogP contribution < -0.4 is 4.74 Å². The SMILES string of the molecule is Cn1cc(COc2cccc3c2CCC3=O)nn1. The third kappa shape index (κ3) is 1.88. The molecular formula is C13H13N3O2. The van der Waals surface area contributed by atoms with E-state index in [1.54, 1.807) is 4.68 Å². The summed E-state index contributed by atoms with van der Waals surface area (Å²) in [4.78, 5) is 11.6. The van der Waals surface area contributed by atoms with Gasteiger partial charge in [0.25, 0.3) is 0 Å². The van der Waals surface area contributed by atoms with E-state index in [0.29, 0.717) is 13.0 Å². The second-order valence-electron chi connectivity index (χ2n) is 4.38. The van der Waals surface area contributed by atoms with Crippen LogP contribution in [0.1, 0.15) is 28.0 Å². The van der Waals surface area contributed by atoms with Crippen LogP contribution in [0.5, 0.6) is 5.75 Å². The monoisotopic (exact) mass is 243 g/mol. The minimum atomic E-state index is 0.204. The number of benzene rings is 1. The summed E-state index contributed by atoms with van der Waals surface area (Å²) in [6.07, 6.45) is 3.17. The van der Waals surface area contributed by atoms with E-state index in [9.17, 15) is 4.79 Å². The molecule has 0 amide bonds. The van der Waals surface area contributed by atoms with Gasteiger partial charge in [-0.1, -0.05) is 17.3 Å². The number of ketones is 1. The average Bonchev–Trinajstić information content (AvgIpc) is 2.94.